The number of fused-ring (bicyclic) bond motifs is 1. The maximum absolute atomic E-state index is 12.0. The average Bonchev–Trinajstić information content (AvgIpc) is 2.26. The van der Waals surface area contributed by atoms with Gasteiger partial charge in [0.1, 0.15) is 0 Å². The van der Waals surface area contributed by atoms with Gasteiger partial charge >= 0.3 is 0 Å². The summed E-state index contributed by atoms with van der Waals surface area (Å²) in [6.07, 6.45) is 0. The van der Waals surface area contributed by atoms with Crippen molar-refractivity contribution in [3.8, 4) is 0 Å². The second-order valence-electron chi connectivity index (χ2n) is 4.67. The predicted octanol–water partition coefficient (Wildman–Crippen LogP) is 1.70. The molecule has 0 bridgehead atoms. The fraction of sp³-hybridized carbons (Fsp3) is 0.286. The van der Waals surface area contributed by atoms with Crippen molar-refractivity contribution in [3.63, 3.8) is 0 Å². The van der Waals surface area contributed by atoms with Crippen molar-refractivity contribution in [2.24, 2.45) is 5.92 Å². The van der Waals surface area contributed by atoms with E-state index < -0.39 is 0 Å². The number of amides is 1. The van der Waals surface area contributed by atoms with Gasteiger partial charge in [-0.15, -0.1) is 0 Å². The molecule has 1 aliphatic heterocycles. The van der Waals surface area contributed by atoms with Crippen molar-refractivity contribution in [2.45, 2.75) is 6.92 Å². The molecule has 92 valence electrons. The molecule has 1 aliphatic rings. The van der Waals surface area contributed by atoms with Crippen LogP contribution >= 0.6 is 0 Å². The summed E-state index contributed by atoms with van der Waals surface area (Å²) in [5.74, 6) is 0.182. The lowest BCUT2D eigenvalue weighted by atomic mass is 10.0. The number of nitrogens with zero attached hydrogens (tertiary/aromatic N) is 1. The van der Waals surface area contributed by atoms with Crippen LogP contribution in [0.5, 0.6) is 0 Å². The molecule has 1 fully saturated rings. The number of hydrogen-bond donors (Lipinski definition) is 2. The molecule has 1 aromatic heterocycles. The largest absolute Gasteiger partial charge is 0.325 e. The van der Waals surface area contributed by atoms with Crippen molar-refractivity contribution < 1.29 is 4.79 Å². The van der Waals surface area contributed by atoms with E-state index in [1.165, 1.54) is 0 Å². The van der Waals surface area contributed by atoms with E-state index >= 15 is 0 Å². The van der Waals surface area contributed by atoms with Crippen LogP contribution in [0.25, 0.3) is 10.9 Å². The smallest absolute Gasteiger partial charge is 0.230 e. The number of aryl methyl sites for hydroxylation is 1. The molecule has 2 N–H and O–H groups in total. The van der Waals surface area contributed by atoms with E-state index in [1.54, 1.807) is 0 Å². The molecule has 18 heavy (non-hydrogen) atoms. The topological polar surface area (TPSA) is 54.0 Å². The van der Waals surface area contributed by atoms with Gasteiger partial charge in [-0.1, -0.05) is 18.2 Å². The number of carbonyl (C=O) groups is 1. The molecule has 1 amide bonds. The normalized spacial score (nSPS) is 15.4. The summed E-state index contributed by atoms with van der Waals surface area (Å²) in [5, 5.41) is 7.10. The van der Waals surface area contributed by atoms with Gasteiger partial charge < -0.3 is 10.6 Å². The van der Waals surface area contributed by atoms with Gasteiger partial charge in [0.25, 0.3) is 0 Å². The molecule has 2 heterocycles. The zero-order valence-electron chi connectivity index (χ0n) is 10.2. The number of anilines is 1. The second-order valence-corrected chi connectivity index (χ2v) is 4.67. The standard InChI is InChI=1S/C14H15N3O/c1-9-6-13(17-14(18)10-7-15-8-10)11-4-2-3-5-12(11)16-9/h2-6,10,15H,7-8H2,1H3,(H,16,17,18). The van der Waals surface area contributed by atoms with Gasteiger partial charge in [-0.05, 0) is 19.1 Å². The number of rotatable bonds is 2. The summed E-state index contributed by atoms with van der Waals surface area (Å²) in [4.78, 5) is 16.4. The third kappa shape index (κ3) is 1.95. The van der Waals surface area contributed by atoms with Crippen molar-refractivity contribution in [2.75, 3.05) is 18.4 Å². The lowest BCUT2D eigenvalue weighted by molar-refractivity contribution is -0.121. The quantitative estimate of drug-likeness (QED) is 0.841. The van der Waals surface area contributed by atoms with Gasteiger partial charge in [0.2, 0.25) is 5.91 Å². The van der Waals surface area contributed by atoms with Crippen LogP contribution in [0.1, 0.15) is 5.69 Å². The van der Waals surface area contributed by atoms with Crippen molar-refractivity contribution >= 4 is 22.5 Å². The summed E-state index contributed by atoms with van der Waals surface area (Å²) >= 11 is 0. The maximum Gasteiger partial charge on any atom is 0.230 e. The number of benzene rings is 1. The highest BCUT2D eigenvalue weighted by atomic mass is 16.2. The average molecular weight is 241 g/mol. The maximum atomic E-state index is 12.0. The third-order valence-corrected chi connectivity index (χ3v) is 3.25. The molecule has 0 radical (unpaired) electrons. The van der Waals surface area contributed by atoms with E-state index in [0.29, 0.717) is 0 Å². The summed E-state index contributed by atoms with van der Waals surface area (Å²) in [6.45, 7) is 3.48. The monoisotopic (exact) mass is 241 g/mol. The molecule has 0 unspecified atom stereocenters. The Labute approximate surface area is 105 Å². The zero-order valence-corrected chi connectivity index (χ0v) is 10.2. The molecule has 0 spiro atoms. The first-order valence-corrected chi connectivity index (χ1v) is 6.12. The minimum absolute atomic E-state index is 0.0875. The van der Waals surface area contributed by atoms with Crippen LogP contribution in [-0.2, 0) is 4.79 Å². The van der Waals surface area contributed by atoms with Gasteiger partial charge in [-0.25, -0.2) is 0 Å². The second kappa shape index (κ2) is 4.38. The van der Waals surface area contributed by atoms with Crippen LogP contribution < -0.4 is 10.6 Å². The number of aromatic nitrogens is 1. The number of carbonyl (C=O) groups excluding carboxylic acids is 1. The van der Waals surface area contributed by atoms with E-state index in [0.717, 1.165) is 35.4 Å². The van der Waals surface area contributed by atoms with Crippen LogP contribution in [-0.4, -0.2) is 24.0 Å². The molecular weight excluding hydrogens is 226 g/mol. The molecule has 3 rings (SSSR count). The van der Waals surface area contributed by atoms with E-state index in [-0.39, 0.29) is 11.8 Å². The third-order valence-electron chi connectivity index (χ3n) is 3.25. The minimum Gasteiger partial charge on any atom is -0.325 e. The molecule has 0 atom stereocenters. The fourth-order valence-corrected chi connectivity index (χ4v) is 2.12. The molecule has 2 aromatic rings. The number of hydrogen-bond acceptors (Lipinski definition) is 3. The van der Waals surface area contributed by atoms with Crippen molar-refractivity contribution in [3.05, 3.63) is 36.0 Å². The summed E-state index contributed by atoms with van der Waals surface area (Å²) in [5.41, 5.74) is 2.69. The zero-order chi connectivity index (χ0) is 12.5. The predicted molar refractivity (Wildman–Crippen MR) is 71.5 cm³/mol. The molecule has 1 saturated heterocycles. The molecular formula is C14H15N3O. The van der Waals surface area contributed by atoms with Crippen LogP contribution in [0.4, 0.5) is 5.69 Å². The molecule has 0 aliphatic carbocycles. The highest BCUT2D eigenvalue weighted by Gasteiger charge is 2.25. The number of pyridine rings is 1. The van der Waals surface area contributed by atoms with Crippen LogP contribution in [0.15, 0.2) is 30.3 Å². The first-order valence-electron chi connectivity index (χ1n) is 6.12. The highest BCUT2D eigenvalue weighted by molar-refractivity contribution is 6.02. The highest BCUT2D eigenvalue weighted by Crippen LogP contribution is 2.23. The Morgan fingerprint density at radius 3 is 2.89 bits per heavy atom. The van der Waals surface area contributed by atoms with E-state index in [4.69, 9.17) is 0 Å². The van der Waals surface area contributed by atoms with E-state index in [1.807, 2.05) is 37.3 Å². The van der Waals surface area contributed by atoms with Gasteiger partial charge in [0.15, 0.2) is 0 Å². The Balaban J connectivity index is 1.97. The van der Waals surface area contributed by atoms with Crippen molar-refractivity contribution in [1.82, 2.24) is 10.3 Å². The molecule has 0 saturated carbocycles. The SMILES string of the molecule is Cc1cc(NC(=O)C2CNC2)c2ccccc2n1. The van der Waals surface area contributed by atoms with Crippen LogP contribution in [0.3, 0.4) is 0 Å². The van der Waals surface area contributed by atoms with Gasteiger partial charge in [-0.2, -0.15) is 0 Å². The molecule has 4 heteroatoms. The lowest BCUT2D eigenvalue weighted by Gasteiger charge is -2.26. The van der Waals surface area contributed by atoms with Gasteiger partial charge in [0.05, 0.1) is 17.1 Å². The van der Waals surface area contributed by atoms with E-state index in [9.17, 15) is 4.79 Å². The minimum atomic E-state index is 0.0875. The summed E-state index contributed by atoms with van der Waals surface area (Å²) in [6, 6.07) is 9.78. The molecule has 4 nitrogen and oxygen atoms in total. The fourth-order valence-electron chi connectivity index (χ4n) is 2.12. The summed E-state index contributed by atoms with van der Waals surface area (Å²) < 4.78 is 0. The first-order chi connectivity index (χ1) is 8.74. The Morgan fingerprint density at radius 2 is 2.17 bits per heavy atom. The molecule has 1 aromatic carbocycles. The Morgan fingerprint density at radius 1 is 1.39 bits per heavy atom. The van der Waals surface area contributed by atoms with E-state index in [2.05, 4.69) is 15.6 Å². The lowest BCUT2D eigenvalue weighted by Crippen LogP contribution is -2.48. The number of para-hydroxylation sites is 1. The van der Waals surface area contributed by atoms with Gasteiger partial charge in [-0.3, -0.25) is 9.78 Å². The Kier molecular flexibility index (Phi) is 2.72. The van der Waals surface area contributed by atoms with Crippen molar-refractivity contribution in [1.29, 1.82) is 0 Å². The number of nitrogens with one attached hydrogen (secondary N) is 2. The van der Waals surface area contributed by atoms with Crippen LogP contribution in [0.2, 0.25) is 0 Å². The summed E-state index contributed by atoms with van der Waals surface area (Å²) in [7, 11) is 0. The Hall–Kier alpha value is -1.94. The van der Waals surface area contributed by atoms with Crippen LogP contribution in [0, 0.1) is 12.8 Å². The van der Waals surface area contributed by atoms with Gasteiger partial charge in [0, 0.05) is 24.2 Å². The Bertz CT molecular complexity index is 605. The first kappa shape index (κ1) is 11.2.